The number of imide groups is 1. The lowest BCUT2D eigenvalue weighted by atomic mass is 9.85. The predicted molar refractivity (Wildman–Crippen MR) is 157 cm³/mol. The van der Waals surface area contributed by atoms with Crippen molar-refractivity contribution in [2.24, 2.45) is 4.99 Å². The molecule has 1 aliphatic carbocycles. The topological polar surface area (TPSA) is 185 Å². The molecule has 4 amide bonds. The molecule has 14 nitrogen and oxygen atoms in total. The monoisotopic (exact) mass is 669 g/mol. The average Bonchev–Trinajstić information content (AvgIpc) is 3.70. The highest BCUT2D eigenvalue weighted by Crippen LogP contribution is 2.45. The number of hydrogen-bond acceptors (Lipinski definition) is 11. The number of amides is 4. The standard InChI is InChI=1S/C27H30Cl3N7O7/c1-13-31-21-17(10-36-19(38)8-9-20(36)39)32-23(34-24(41)44-12-25(28,29)30)37-11-18(27(42,43)26(21,37)35-13)33-22(40)16-7-3-5-14-4-2-6-15(14)16/h3,5,7,17-18,21,31,35,42-43H,1-2,4,6,8-12H2,(H,33,40)(H,32,34,41)/t17-,18?,21-,26-/m0/s1. The third kappa shape index (κ3) is 5.11. The summed E-state index contributed by atoms with van der Waals surface area (Å²) in [6.07, 6.45) is 1.48. The Balaban J connectivity index is 1.35. The number of nitrogens with zero attached hydrogens (tertiary/aromatic N) is 3. The molecule has 17 heteroatoms. The number of benzene rings is 1. The first kappa shape index (κ1) is 30.7. The van der Waals surface area contributed by atoms with E-state index in [1.165, 1.54) is 4.90 Å². The molecule has 0 aromatic heterocycles. The SMILES string of the molecule is C=C1N[C@H]2[C@H](CN3C(=O)CCC3=O)N=C(NC(=O)OCC(Cl)(Cl)Cl)N3CC(NC(=O)c4cccc5c4CCC5)C(O)(O)[C@]23N1. The minimum absolute atomic E-state index is 0.0330. The van der Waals surface area contributed by atoms with Gasteiger partial charge in [0.1, 0.15) is 12.6 Å². The van der Waals surface area contributed by atoms with E-state index in [9.17, 15) is 29.4 Å². The molecule has 6 N–H and O–H groups in total. The molecule has 4 heterocycles. The van der Waals surface area contributed by atoms with Gasteiger partial charge in [-0.15, -0.1) is 0 Å². The van der Waals surface area contributed by atoms with E-state index in [2.05, 4.69) is 32.8 Å². The molecule has 6 rings (SSSR count). The van der Waals surface area contributed by atoms with Crippen molar-refractivity contribution >= 4 is 64.6 Å². The molecule has 3 saturated heterocycles. The van der Waals surface area contributed by atoms with Crippen LogP contribution in [-0.4, -0.2) is 103 Å². The van der Waals surface area contributed by atoms with Gasteiger partial charge in [0.25, 0.3) is 5.91 Å². The fraction of sp³-hybridized carbons (Fsp3) is 0.519. The third-order valence-electron chi connectivity index (χ3n) is 8.69. The first-order valence-electron chi connectivity index (χ1n) is 14.0. The van der Waals surface area contributed by atoms with Gasteiger partial charge < -0.3 is 35.8 Å². The first-order valence-corrected chi connectivity index (χ1v) is 15.1. The highest BCUT2D eigenvalue weighted by Gasteiger charge is 2.74. The fourth-order valence-electron chi connectivity index (χ4n) is 6.79. The highest BCUT2D eigenvalue weighted by atomic mass is 35.6. The van der Waals surface area contributed by atoms with Crippen LogP contribution >= 0.6 is 34.8 Å². The van der Waals surface area contributed by atoms with Crippen LogP contribution in [0.5, 0.6) is 0 Å². The smallest absolute Gasteiger partial charge is 0.414 e. The lowest BCUT2D eigenvalue weighted by molar-refractivity contribution is -0.231. The molecule has 1 aromatic carbocycles. The molecule has 3 fully saturated rings. The summed E-state index contributed by atoms with van der Waals surface area (Å²) >= 11 is 17.1. The number of alkyl carbamates (subject to hydrolysis) is 1. The van der Waals surface area contributed by atoms with Gasteiger partial charge in [0.05, 0.1) is 24.4 Å². The molecule has 1 aromatic rings. The van der Waals surface area contributed by atoms with E-state index in [4.69, 9.17) is 39.5 Å². The number of nitrogens with one attached hydrogen (secondary N) is 4. The van der Waals surface area contributed by atoms with Crippen LogP contribution in [0.2, 0.25) is 0 Å². The molecule has 1 spiro atoms. The summed E-state index contributed by atoms with van der Waals surface area (Å²) in [4.78, 5) is 58.4. The maximum atomic E-state index is 13.6. The number of carbonyl (C=O) groups excluding carboxylic acids is 4. The first-order chi connectivity index (χ1) is 20.7. The van der Waals surface area contributed by atoms with Crippen molar-refractivity contribution in [3.8, 4) is 0 Å². The van der Waals surface area contributed by atoms with Gasteiger partial charge in [0.15, 0.2) is 5.66 Å². The van der Waals surface area contributed by atoms with Gasteiger partial charge in [0, 0.05) is 24.9 Å². The summed E-state index contributed by atoms with van der Waals surface area (Å²) < 4.78 is 3.11. The molecular weight excluding hydrogens is 641 g/mol. The zero-order chi connectivity index (χ0) is 31.6. The minimum atomic E-state index is -2.72. The molecule has 0 saturated carbocycles. The van der Waals surface area contributed by atoms with Crippen LogP contribution < -0.4 is 21.3 Å². The van der Waals surface area contributed by atoms with Crippen LogP contribution in [0.3, 0.4) is 0 Å². The van der Waals surface area contributed by atoms with E-state index >= 15 is 0 Å². The zero-order valence-corrected chi connectivity index (χ0v) is 25.5. The Morgan fingerprint density at radius 1 is 1.16 bits per heavy atom. The molecule has 4 aliphatic heterocycles. The molecule has 0 radical (unpaired) electrons. The number of aliphatic hydroxyl groups is 2. The van der Waals surface area contributed by atoms with Crippen LogP contribution in [0.15, 0.2) is 35.6 Å². The number of ether oxygens (including phenoxy) is 1. The zero-order valence-electron chi connectivity index (χ0n) is 23.2. The second kappa shape index (κ2) is 10.9. The summed E-state index contributed by atoms with van der Waals surface area (Å²) in [5, 5.41) is 35.1. The van der Waals surface area contributed by atoms with Crippen LogP contribution in [0, 0.1) is 0 Å². The number of aliphatic imine (C=N–C) groups is 1. The maximum absolute atomic E-state index is 13.6. The van der Waals surface area contributed by atoms with Crippen molar-refractivity contribution < 1.29 is 34.1 Å². The number of hydrogen-bond donors (Lipinski definition) is 6. The Labute approximate surface area is 266 Å². The number of rotatable bonds is 5. The molecule has 236 valence electrons. The second-order valence-corrected chi connectivity index (χ2v) is 13.9. The normalized spacial score (nSPS) is 28.5. The third-order valence-corrected chi connectivity index (χ3v) is 9.02. The summed E-state index contributed by atoms with van der Waals surface area (Å²) in [7, 11) is 0. The van der Waals surface area contributed by atoms with Gasteiger partial charge >= 0.3 is 6.09 Å². The van der Waals surface area contributed by atoms with Crippen LogP contribution in [0.25, 0.3) is 0 Å². The lowest BCUT2D eigenvalue weighted by Gasteiger charge is -2.49. The van der Waals surface area contributed by atoms with Gasteiger partial charge in [-0.05, 0) is 36.5 Å². The summed E-state index contributed by atoms with van der Waals surface area (Å²) in [5.41, 5.74) is 0.519. The van der Waals surface area contributed by atoms with Crippen LogP contribution in [0.1, 0.15) is 40.7 Å². The van der Waals surface area contributed by atoms with Crippen molar-refractivity contribution in [3.05, 3.63) is 47.3 Å². The van der Waals surface area contributed by atoms with Gasteiger partial charge in [0.2, 0.25) is 27.4 Å². The Bertz CT molecular complexity index is 1470. The van der Waals surface area contributed by atoms with Crippen molar-refractivity contribution in [2.45, 2.75) is 65.5 Å². The molecule has 5 aliphatic rings. The number of guanidine groups is 1. The molecule has 0 bridgehead atoms. The van der Waals surface area contributed by atoms with Gasteiger partial charge in [-0.1, -0.05) is 53.5 Å². The van der Waals surface area contributed by atoms with E-state index < -0.39 is 63.8 Å². The largest absolute Gasteiger partial charge is 0.445 e. The number of fused-ring (bicyclic) bond motifs is 1. The minimum Gasteiger partial charge on any atom is -0.445 e. The predicted octanol–water partition coefficient (Wildman–Crippen LogP) is -0.0173. The Morgan fingerprint density at radius 3 is 2.59 bits per heavy atom. The lowest BCUT2D eigenvalue weighted by Crippen LogP contribution is -2.78. The number of halogens is 3. The Kier molecular flexibility index (Phi) is 7.64. The maximum Gasteiger partial charge on any atom is 0.414 e. The number of likely N-dealkylation sites (tertiary alicyclic amines) is 1. The second-order valence-electron chi connectivity index (χ2n) is 11.4. The molecule has 1 unspecified atom stereocenters. The average molecular weight is 671 g/mol. The van der Waals surface area contributed by atoms with Crippen molar-refractivity contribution in [3.63, 3.8) is 0 Å². The van der Waals surface area contributed by atoms with Crippen LogP contribution in [-0.2, 0) is 27.2 Å². The number of alkyl halides is 3. The molecular formula is C27H30Cl3N7O7. The van der Waals surface area contributed by atoms with Crippen molar-refractivity contribution in [1.82, 2.24) is 31.1 Å². The van der Waals surface area contributed by atoms with E-state index in [0.29, 0.717) is 5.56 Å². The van der Waals surface area contributed by atoms with Gasteiger partial charge in [-0.3, -0.25) is 24.6 Å². The van der Waals surface area contributed by atoms with E-state index in [-0.39, 0.29) is 37.7 Å². The highest BCUT2D eigenvalue weighted by molar-refractivity contribution is 6.67. The molecule has 4 atom stereocenters. The van der Waals surface area contributed by atoms with Crippen molar-refractivity contribution in [1.29, 1.82) is 0 Å². The van der Waals surface area contributed by atoms with E-state index in [0.717, 1.165) is 35.3 Å². The summed E-state index contributed by atoms with van der Waals surface area (Å²) in [6.45, 7) is 2.81. The fourth-order valence-corrected chi connectivity index (χ4v) is 6.95. The van der Waals surface area contributed by atoms with Crippen molar-refractivity contribution in [2.75, 3.05) is 19.7 Å². The van der Waals surface area contributed by atoms with Gasteiger partial charge in [-0.2, -0.15) is 0 Å². The summed E-state index contributed by atoms with van der Waals surface area (Å²) in [5.74, 6) is -4.06. The number of carbonyl (C=O) groups is 4. The Hall–Kier alpha value is -3.30. The van der Waals surface area contributed by atoms with Gasteiger partial charge in [-0.25, -0.2) is 9.79 Å². The number of aryl methyl sites for hydroxylation is 1. The van der Waals surface area contributed by atoms with E-state index in [1.807, 2.05) is 6.07 Å². The quantitative estimate of drug-likeness (QED) is 0.141. The van der Waals surface area contributed by atoms with E-state index in [1.54, 1.807) is 12.1 Å². The van der Waals surface area contributed by atoms with Crippen LogP contribution in [0.4, 0.5) is 4.79 Å². The molecule has 44 heavy (non-hydrogen) atoms. The summed E-state index contributed by atoms with van der Waals surface area (Å²) in [6, 6.07) is 2.09. The Morgan fingerprint density at radius 2 is 1.89 bits per heavy atom.